The van der Waals surface area contributed by atoms with Crippen LogP contribution >= 0.6 is 23.1 Å². The van der Waals surface area contributed by atoms with Gasteiger partial charge in [0.1, 0.15) is 0 Å². The molecule has 1 amide bonds. The smallest absolute Gasteiger partial charge is 0.234 e. The van der Waals surface area contributed by atoms with Crippen LogP contribution in [0.2, 0.25) is 0 Å². The quantitative estimate of drug-likeness (QED) is 0.845. The van der Waals surface area contributed by atoms with Crippen LogP contribution in [0.3, 0.4) is 0 Å². The Bertz CT molecular complexity index is 629. The van der Waals surface area contributed by atoms with Crippen molar-refractivity contribution < 1.29 is 4.79 Å². The van der Waals surface area contributed by atoms with Crippen molar-refractivity contribution in [2.75, 3.05) is 11.1 Å². The lowest BCUT2D eigenvalue weighted by atomic mass is 9.86. The van der Waals surface area contributed by atoms with Gasteiger partial charge in [-0.15, -0.1) is 11.3 Å². The van der Waals surface area contributed by atoms with E-state index in [1.54, 1.807) is 11.3 Å². The summed E-state index contributed by atoms with van der Waals surface area (Å²) in [5.41, 5.74) is 3.05. The number of hydrogen-bond acceptors (Lipinski definition) is 4. The molecule has 112 valence electrons. The Labute approximate surface area is 134 Å². The zero-order valence-electron chi connectivity index (χ0n) is 12.8. The molecule has 0 radical (unpaired) electrons. The number of hydrogen-bond donors (Lipinski definition) is 1. The van der Waals surface area contributed by atoms with E-state index in [1.807, 2.05) is 30.5 Å². The molecule has 21 heavy (non-hydrogen) atoms. The van der Waals surface area contributed by atoms with E-state index in [1.165, 1.54) is 11.8 Å². The van der Waals surface area contributed by atoms with E-state index >= 15 is 0 Å². The number of nitrogens with one attached hydrogen (secondary N) is 1. The first-order valence-electron chi connectivity index (χ1n) is 6.80. The Hall–Kier alpha value is -1.33. The molecule has 2 aromatic rings. The third kappa shape index (κ3) is 4.58. The van der Waals surface area contributed by atoms with Gasteiger partial charge in [-0.1, -0.05) is 50.7 Å². The summed E-state index contributed by atoms with van der Waals surface area (Å²) < 4.78 is 0.937. The molecule has 0 unspecified atom stereocenters. The van der Waals surface area contributed by atoms with E-state index in [-0.39, 0.29) is 11.3 Å². The van der Waals surface area contributed by atoms with E-state index in [9.17, 15) is 4.79 Å². The first kappa shape index (κ1) is 16.0. The highest BCUT2D eigenvalue weighted by Gasteiger charge is 2.18. The average molecular weight is 320 g/mol. The third-order valence-corrected chi connectivity index (χ3v) is 5.07. The topological polar surface area (TPSA) is 42.0 Å². The molecule has 0 fully saturated rings. The Morgan fingerprint density at radius 1 is 1.33 bits per heavy atom. The average Bonchev–Trinajstić information content (AvgIpc) is 2.82. The number of nitrogens with zero attached hydrogens (tertiary/aromatic N) is 1. The summed E-state index contributed by atoms with van der Waals surface area (Å²) in [6.07, 6.45) is 0. The van der Waals surface area contributed by atoms with Crippen molar-refractivity contribution in [3.05, 3.63) is 40.9 Å². The minimum Gasteiger partial charge on any atom is -0.325 e. The normalized spacial score (nSPS) is 11.4. The van der Waals surface area contributed by atoms with Gasteiger partial charge in [0.15, 0.2) is 4.34 Å². The Morgan fingerprint density at radius 2 is 2.05 bits per heavy atom. The monoisotopic (exact) mass is 320 g/mol. The van der Waals surface area contributed by atoms with Crippen LogP contribution in [-0.2, 0) is 10.2 Å². The van der Waals surface area contributed by atoms with E-state index in [2.05, 4.69) is 37.1 Å². The van der Waals surface area contributed by atoms with Crippen molar-refractivity contribution in [2.45, 2.75) is 37.4 Å². The van der Waals surface area contributed by atoms with Crippen molar-refractivity contribution in [3.8, 4) is 0 Å². The Morgan fingerprint density at radius 3 is 2.67 bits per heavy atom. The number of rotatable bonds is 4. The zero-order valence-corrected chi connectivity index (χ0v) is 14.4. The van der Waals surface area contributed by atoms with Gasteiger partial charge >= 0.3 is 0 Å². The maximum Gasteiger partial charge on any atom is 0.234 e. The third-order valence-electron chi connectivity index (χ3n) is 2.93. The summed E-state index contributed by atoms with van der Waals surface area (Å²) >= 11 is 3.05. The molecule has 1 heterocycles. The molecule has 1 aromatic heterocycles. The molecular formula is C16H20N2OS2. The van der Waals surface area contributed by atoms with Crippen LogP contribution in [0.25, 0.3) is 0 Å². The van der Waals surface area contributed by atoms with Crippen LogP contribution in [0.5, 0.6) is 0 Å². The van der Waals surface area contributed by atoms with Gasteiger partial charge in [-0.25, -0.2) is 4.98 Å². The largest absolute Gasteiger partial charge is 0.325 e. The maximum absolute atomic E-state index is 12.1. The number of carbonyl (C=O) groups is 1. The van der Waals surface area contributed by atoms with Gasteiger partial charge in [0.25, 0.3) is 0 Å². The number of aryl methyl sites for hydroxylation is 1. The van der Waals surface area contributed by atoms with Crippen LogP contribution < -0.4 is 5.32 Å². The SMILES string of the molecule is Cc1csc(SCC(=O)Nc2ccccc2C(C)(C)C)n1. The number of para-hydroxylation sites is 1. The van der Waals surface area contributed by atoms with Crippen molar-refractivity contribution in [1.29, 1.82) is 0 Å². The van der Waals surface area contributed by atoms with E-state index in [4.69, 9.17) is 0 Å². The summed E-state index contributed by atoms with van der Waals surface area (Å²) in [6.45, 7) is 8.39. The fourth-order valence-corrected chi connectivity index (χ4v) is 3.61. The van der Waals surface area contributed by atoms with Crippen LogP contribution in [0.15, 0.2) is 34.0 Å². The molecule has 0 atom stereocenters. The molecule has 0 bridgehead atoms. The molecule has 2 rings (SSSR count). The highest BCUT2D eigenvalue weighted by molar-refractivity contribution is 8.01. The second-order valence-electron chi connectivity index (χ2n) is 5.89. The number of amides is 1. The van der Waals surface area contributed by atoms with Crippen LogP contribution in [0.1, 0.15) is 32.0 Å². The fourth-order valence-electron chi connectivity index (χ4n) is 1.96. The van der Waals surface area contributed by atoms with E-state index < -0.39 is 0 Å². The van der Waals surface area contributed by atoms with Gasteiger partial charge in [0.2, 0.25) is 5.91 Å². The molecule has 1 N–H and O–H groups in total. The number of benzene rings is 1. The first-order valence-corrected chi connectivity index (χ1v) is 8.67. The molecule has 5 heteroatoms. The van der Waals surface area contributed by atoms with Gasteiger partial charge in [0, 0.05) is 16.8 Å². The predicted molar refractivity (Wildman–Crippen MR) is 91.3 cm³/mol. The second-order valence-corrected chi connectivity index (χ2v) is 7.97. The lowest BCUT2D eigenvalue weighted by molar-refractivity contribution is -0.113. The molecule has 3 nitrogen and oxygen atoms in total. The number of thioether (sulfide) groups is 1. The van der Waals surface area contributed by atoms with Crippen molar-refractivity contribution >= 4 is 34.7 Å². The lowest BCUT2D eigenvalue weighted by Gasteiger charge is -2.22. The number of thiazole rings is 1. The summed E-state index contributed by atoms with van der Waals surface area (Å²) in [5, 5.41) is 5.01. The summed E-state index contributed by atoms with van der Waals surface area (Å²) in [7, 11) is 0. The predicted octanol–water partition coefficient (Wildman–Crippen LogP) is 4.48. The lowest BCUT2D eigenvalue weighted by Crippen LogP contribution is -2.19. The Balaban J connectivity index is 2.00. The highest BCUT2D eigenvalue weighted by atomic mass is 32.2. The van der Waals surface area contributed by atoms with Gasteiger partial charge < -0.3 is 5.32 Å². The molecule has 0 aliphatic carbocycles. The molecule has 1 aromatic carbocycles. The molecule has 0 aliphatic heterocycles. The molecule has 0 saturated heterocycles. The molecule has 0 spiro atoms. The molecule has 0 saturated carbocycles. The zero-order chi connectivity index (χ0) is 15.5. The van der Waals surface area contributed by atoms with E-state index in [0.29, 0.717) is 5.75 Å². The minimum absolute atomic E-state index is 0.00341. The summed E-state index contributed by atoms with van der Waals surface area (Å²) in [4.78, 5) is 16.5. The van der Waals surface area contributed by atoms with Crippen LogP contribution in [0.4, 0.5) is 5.69 Å². The standard InChI is InChI=1S/C16H20N2OS2/c1-11-9-20-15(17-11)21-10-14(19)18-13-8-6-5-7-12(13)16(2,3)4/h5-9H,10H2,1-4H3,(H,18,19). The summed E-state index contributed by atoms with van der Waals surface area (Å²) in [6, 6.07) is 7.97. The fraction of sp³-hybridized carbons (Fsp3) is 0.375. The number of anilines is 1. The molecular weight excluding hydrogens is 300 g/mol. The van der Waals surface area contributed by atoms with Gasteiger partial charge in [-0.05, 0) is 24.0 Å². The Kier molecular flexibility index (Phi) is 5.06. The number of carbonyl (C=O) groups excluding carboxylic acids is 1. The maximum atomic E-state index is 12.1. The van der Waals surface area contributed by atoms with Crippen molar-refractivity contribution in [2.24, 2.45) is 0 Å². The minimum atomic E-state index is 0.00341. The summed E-state index contributed by atoms with van der Waals surface area (Å²) in [5.74, 6) is 0.385. The van der Waals surface area contributed by atoms with Crippen molar-refractivity contribution in [1.82, 2.24) is 4.98 Å². The van der Waals surface area contributed by atoms with E-state index in [0.717, 1.165) is 21.3 Å². The number of aromatic nitrogens is 1. The van der Waals surface area contributed by atoms with Gasteiger partial charge in [0.05, 0.1) is 5.75 Å². The van der Waals surface area contributed by atoms with Gasteiger partial charge in [-0.3, -0.25) is 4.79 Å². The van der Waals surface area contributed by atoms with Crippen LogP contribution in [0, 0.1) is 6.92 Å². The molecule has 0 aliphatic rings. The van der Waals surface area contributed by atoms with Crippen LogP contribution in [-0.4, -0.2) is 16.6 Å². The highest BCUT2D eigenvalue weighted by Crippen LogP contribution is 2.29. The first-order chi connectivity index (χ1) is 9.86. The second kappa shape index (κ2) is 6.62. The van der Waals surface area contributed by atoms with Crippen molar-refractivity contribution in [3.63, 3.8) is 0 Å². The van der Waals surface area contributed by atoms with Gasteiger partial charge in [-0.2, -0.15) is 0 Å².